The first-order valence-corrected chi connectivity index (χ1v) is 12.7. The van der Waals surface area contributed by atoms with Crippen LogP contribution in [0.25, 0.3) is 11.1 Å². The van der Waals surface area contributed by atoms with Crippen LogP contribution in [0.3, 0.4) is 0 Å². The van der Waals surface area contributed by atoms with E-state index in [1.807, 2.05) is 54.6 Å². The highest BCUT2D eigenvalue weighted by atomic mass is 31.2. The minimum absolute atomic E-state index is 0.0716. The molecule has 0 saturated heterocycles. The van der Waals surface area contributed by atoms with Crippen molar-refractivity contribution in [1.29, 1.82) is 0 Å². The molecule has 2 heterocycles. The van der Waals surface area contributed by atoms with Gasteiger partial charge in [-0.15, -0.1) is 10.2 Å². The number of tetrazole rings is 1. The molecule has 35 heavy (non-hydrogen) atoms. The van der Waals surface area contributed by atoms with Crippen molar-refractivity contribution in [2.75, 3.05) is 6.79 Å². The number of aromatic nitrogens is 4. The Hall–Kier alpha value is -3.56. The quantitative estimate of drug-likeness (QED) is 0.259. The molecular formula is C24H24N5O5P. The molecule has 0 saturated carbocycles. The van der Waals surface area contributed by atoms with Crippen LogP contribution in [0.4, 0.5) is 0 Å². The largest absolute Gasteiger partial charge is 0.454 e. The van der Waals surface area contributed by atoms with Gasteiger partial charge < -0.3 is 19.3 Å². The van der Waals surface area contributed by atoms with Crippen LogP contribution in [-0.4, -0.2) is 43.0 Å². The predicted octanol–water partition coefficient (Wildman–Crippen LogP) is 3.22. The fourth-order valence-electron chi connectivity index (χ4n) is 4.04. The van der Waals surface area contributed by atoms with Crippen molar-refractivity contribution < 1.29 is 23.8 Å². The van der Waals surface area contributed by atoms with Crippen LogP contribution < -0.4 is 14.8 Å². The van der Waals surface area contributed by atoms with Crippen molar-refractivity contribution in [1.82, 2.24) is 25.9 Å². The zero-order chi connectivity index (χ0) is 24.3. The van der Waals surface area contributed by atoms with Gasteiger partial charge in [0, 0.05) is 0 Å². The van der Waals surface area contributed by atoms with E-state index < -0.39 is 19.4 Å². The van der Waals surface area contributed by atoms with Gasteiger partial charge in [-0.25, -0.2) is 0 Å². The Labute approximate surface area is 201 Å². The molecule has 1 unspecified atom stereocenters. The van der Waals surface area contributed by atoms with Crippen LogP contribution in [0.15, 0.2) is 72.8 Å². The monoisotopic (exact) mass is 493 g/mol. The van der Waals surface area contributed by atoms with Crippen LogP contribution in [-0.2, 0) is 17.4 Å². The normalized spacial score (nSPS) is 14.6. The molecule has 2 atom stereocenters. The number of nitrogens with zero attached hydrogens (tertiary/aromatic N) is 3. The Morgan fingerprint density at radius 2 is 1.63 bits per heavy atom. The number of ether oxygens (including phenoxy) is 2. The molecule has 1 aromatic heterocycles. The van der Waals surface area contributed by atoms with Crippen molar-refractivity contribution in [2.45, 2.75) is 24.7 Å². The zero-order valence-corrected chi connectivity index (χ0v) is 19.5. The smallest absolute Gasteiger partial charge is 0.342 e. The molecule has 0 bridgehead atoms. The number of rotatable bonds is 9. The van der Waals surface area contributed by atoms with Gasteiger partial charge in [0.25, 0.3) is 0 Å². The van der Waals surface area contributed by atoms with Gasteiger partial charge in [0.05, 0.1) is 6.04 Å². The standard InChI is InChI=1S/C24H24N5O5P/c30-35(31,32)23(14-17-8-11-21-22(13-17)34-15-33-21)25-20(24-26-28-29-27-24)12-16-6-9-19(10-7-16)18-4-2-1-3-5-18/h1-11,13,20,23,25H,12,14-15H2,(H2,30,31,32)(H,26,27,28,29)/t20-,23?/m0/s1. The van der Waals surface area contributed by atoms with E-state index in [2.05, 4.69) is 25.9 Å². The van der Waals surface area contributed by atoms with Gasteiger partial charge >= 0.3 is 7.60 Å². The zero-order valence-electron chi connectivity index (χ0n) is 18.6. The molecule has 0 aliphatic carbocycles. The summed E-state index contributed by atoms with van der Waals surface area (Å²) in [5.41, 5.74) is 3.85. The van der Waals surface area contributed by atoms with Crippen LogP contribution in [0.5, 0.6) is 11.5 Å². The highest BCUT2D eigenvalue weighted by Crippen LogP contribution is 2.43. The summed E-state index contributed by atoms with van der Waals surface area (Å²) in [6.45, 7) is 0.127. The highest BCUT2D eigenvalue weighted by molar-refractivity contribution is 7.52. The summed E-state index contributed by atoms with van der Waals surface area (Å²) >= 11 is 0. The molecule has 0 fully saturated rings. The molecule has 180 valence electrons. The molecular weight excluding hydrogens is 469 g/mol. The molecule has 10 nitrogen and oxygen atoms in total. The summed E-state index contributed by atoms with van der Waals surface area (Å²) in [6.07, 6.45) is 0.481. The number of benzene rings is 3. The second-order valence-corrected chi connectivity index (χ2v) is 10.1. The van der Waals surface area contributed by atoms with Crippen LogP contribution >= 0.6 is 7.60 Å². The SMILES string of the molecule is O=P(O)(O)C(Cc1ccc2c(c1)OCO2)N[C@@H](Cc1ccc(-c2ccccc2)cc1)c1nn[nH]n1. The molecule has 1 aliphatic heterocycles. The van der Waals surface area contributed by atoms with Gasteiger partial charge in [-0.3, -0.25) is 9.88 Å². The van der Waals surface area contributed by atoms with Gasteiger partial charge in [0.1, 0.15) is 5.78 Å². The van der Waals surface area contributed by atoms with Crippen LogP contribution in [0.1, 0.15) is 23.0 Å². The van der Waals surface area contributed by atoms with Crippen molar-refractivity contribution in [3.8, 4) is 22.6 Å². The maximum Gasteiger partial charge on any atom is 0.342 e. The van der Waals surface area contributed by atoms with Crippen molar-refractivity contribution in [3.05, 3.63) is 89.7 Å². The third kappa shape index (κ3) is 5.58. The van der Waals surface area contributed by atoms with E-state index in [9.17, 15) is 14.4 Å². The van der Waals surface area contributed by atoms with E-state index in [0.717, 1.165) is 16.7 Å². The number of nitrogens with one attached hydrogen (secondary N) is 2. The summed E-state index contributed by atoms with van der Waals surface area (Å²) in [6, 6.07) is 22.7. The predicted molar refractivity (Wildman–Crippen MR) is 128 cm³/mol. The Balaban J connectivity index is 1.36. The molecule has 3 aromatic carbocycles. The first-order valence-electron chi connectivity index (χ1n) is 11.0. The van der Waals surface area contributed by atoms with Crippen molar-refractivity contribution in [3.63, 3.8) is 0 Å². The third-order valence-electron chi connectivity index (χ3n) is 5.84. The summed E-state index contributed by atoms with van der Waals surface area (Å²) < 4.78 is 23.2. The number of hydrogen-bond acceptors (Lipinski definition) is 7. The van der Waals surface area contributed by atoms with Gasteiger partial charge in [-0.2, -0.15) is 5.21 Å². The average molecular weight is 493 g/mol. The van der Waals surface area contributed by atoms with Crippen LogP contribution in [0, 0.1) is 0 Å². The molecule has 0 amide bonds. The highest BCUT2D eigenvalue weighted by Gasteiger charge is 2.33. The van der Waals surface area contributed by atoms with E-state index in [1.165, 1.54) is 0 Å². The molecule has 1 aliphatic rings. The van der Waals surface area contributed by atoms with E-state index in [0.29, 0.717) is 29.3 Å². The fourth-order valence-corrected chi connectivity index (χ4v) is 4.86. The van der Waals surface area contributed by atoms with E-state index in [4.69, 9.17) is 9.47 Å². The third-order valence-corrected chi connectivity index (χ3v) is 6.98. The van der Waals surface area contributed by atoms with Crippen molar-refractivity contribution >= 4 is 7.60 Å². The Morgan fingerprint density at radius 3 is 2.34 bits per heavy atom. The Bertz CT molecular complexity index is 1310. The first-order chi connectivity index (χ1) is 17.0. The van der Waals surface area contributed by atoms with E-state index >= 15 is 0 Å². The lowest BCUT2D eigenvalue weighted by Gasteiger charge is -2.25. The van der Waals surface area contributed by atoms with Crippen LogP contribution in [0.2, 0.25) is 0 Å². The number of H-pyrrole nitrogens is 1. The molecule has 4 N–H and O–H groups in total. The van der Waals surface area contributed by atoms with Gasteiger partial charge in [0.2, 0.25) is 6.79 Å². The van der Waals surface area contributed by atoms with Crippen molar-refractivity contribution in [2.24, 2.45) is 0 Å². The Morgan fingerprint density at radius 1 is 0.914 bits per heavy atom. The lowest BCUT2D eigenvalue weighted by molar-refractivity contribution is 0.174. The summed E-state index contributed by atoms with van der Waals surface area (Å²) in [7, 11) is -4.54. The average Bonchev–Trinajstić information content (AvgIpc) is 3.56. The molecule has 4 aromatic rings. The second kappa shape index (κ2) is 9.97. The van der Waals surface area contributed by atoms with Gasteiger partial charge in [-0.1, -0.05) is 65.9 Å². The second-order valence-electron chi connectivity index (χ2n) is 8.25. The maximum atomic E-state index is 12.4. The minimum Gasteiger partial charge on any atom is -0.454 e. The Kier molecular flexibility index (Phi) is 6.61. The maximum absolute atomic E-state index is 12.4. The summed E-state index contributed by atoms with van der Waals surface area (Å²) in [4.78, 5) is 20.3. The van der Waals surface area contributed by atoms with Gasteiger partial charge in [0.15, 0.2) is 17.3 Å². The first kappa shape index (κ1) is 23.2. The number of fused-ring (bicyclic) bond motifs is 1. The van der Waals surface area contributed by atoms with Gasteiger partial charge in [-0.05, 0) is 47.2 Å². The fraction of sp³-hybridized carbons (Fsp3) is 0.208. The molecule has 5 rings (SSSR count). The molecule has 0 spiro atoms. The molecule has 11 heteroatoms. The number of aromatic amines is 1. The number of hydrogen-bond donors (Lipinski definition) is 4. The summed E-state index contributed by atoms with van der Waals surface area (Å²) in [5, 5.41) is 17.3. The lowest BCUT2D eigenvalue weighted by atomic mass is 10.00. The topological polar surface area (TPSA) is 142 Å². The molecule has 0 radical (unpaired) electrons. The van der Waals surface area contributed by atoms with E-state index in [-0.39, 0.29) is 13.2 Å². The lowest BCUT2D eigenvalue weighted by Crippen LogP contribution is -2.36. The minimum atomic E-state index is -4.54. The summed E-state index contributed by atoms with van der Waals surface area (Å²) in [5.74, 6) is 0.314. The van der Waals surface area contributed by atoms with E-state index in [1.54, 1.807) is 18.2 Å².